The molecule has 0 saturated carbocycles. The molecule has 11 N–H and O–H groups in total. The zero-order valence-electron chi connectivity index (χ0n) is 22.0. The molecule has 0 spiro atoms. The van der Waals surface area contributed by atoms with Gasteiger partial charge >= 0.3 is 0 Å². The van der Waals surface area contributed by atoms with Crippen molar-refractivity contribution in [1.29, 1.82) is 0 Å². The Labute approximate surface area is 241 Å². The van der Waals surface area contributed by atoms with E-state index in [9.17, 15) is 61.0 Å². The molecule has 10 unspecified atom stereocenters. The molecule has 43 heavy (non-hydrogen) atoms. The third-order valence-electron chi connectivity index (χ3n) is 7.56. The number of benzene rings is 2. The Morgan fingerprint density at radius 1 is 0.744 bits per heavy atom. The number of hydrogen-bond donors (Lipinski definition) is 11. The molecule has 2 aliphatic rings. The smallest absolute Gasteiger partial charge is 0.197 e. The second-order valence-corrected chi connectivity index (χ2v) is 10.3. The lowest BCUT2D eigenvalue weighted by atomic mass is 9.89. The van der Waals surface area contributed by atoms with E-state index in [-0.39, 0.29) is 16.9 Å². The normalized spacial score (nSPS) is 33.1. The molecule has 16 heteroatoms. The van der Waals surface area contributed by atoms with Gasteiger partial charge in [-0.1, -0.05) is 0 Å². The molecule has 234 valence electrons. The minimum atomic E-state index is -1.90. The van der Waals surface area contributed by atoms with Crippen molar-refractivity contribution in [3.05, 3.63) is 46.1 Å². The number of aliphatic hydroxyl groups excluding tert-OH is 7. The van der Waals surface area contributed by atoms with E-state index < -0.39 is 114 Å². The number of ether oxygens (including phenoxy) is 3. The Kier molecular flexibility index (Phi) is 8.52. The summed E-state index contributed by atoms with van der Waals surface area (Å²) in [7, 11) is 0. The number of hydrogen-bond acceptors (Lipinski definition) is 16. The average molecular weight is 611 g/mol. The Hall–Kier alpha value is -3.55. The van der Waals surface area contributed by atoms with Crippen molar-refractivity contribution < 1.29 is 74.8 Å². The van der Waals surface area contributed by atoms with Gasteiger partial charge < -0.3 is 74.8 Å². The molecule has 0 aliphatic carbocycles. The highest BCUT2D eigenvalue weighted by Gasteiger charge is 2.49. The predicted molar refractivity (Wildman–Crippen MR) is 140 cm³/mol. The summed E-state index contributed by atoms with van der Waals surface area (Å²) in [6.07, 6.45) is -17.2. The van der Waals surface area contributed by atoms with Crippen LogP contribution >= 0.6 is 0 Å². The van der Waals surface area contributed by atoms with E-state index in [0.717, 1.165) is 24.3 Å². The lowest BCUT2D eigenvalue weighted by molar-refractivity contribution is -0.300. The van der Waals surface area contributed by atoms with Crippen molar-refractivity contribution in [1.82, 2.24) is 0 Å². The molecule has 2 aliphatic heterocycles. The molecule has 5 rings (SSSR count). The number of aromatic hydroxyl groups is 4. The Morgan fingerprint density at radius 2 is 1.44 bits per heavy atom. The van der Waals surface area contributed by atoms with Crippen molar-refractivity contribution in [2.24, 2.45) is 0 Å². The number of phenols is 4. The van der Waals surface area contributed by atoms with E-state index in [1.807, 2.05) is 0 Å². The van der Waals surface area contributed by atoms with Crippen LogP contribution in [-0.4, -0.2) is 125 Å². The van der Waals surface area contributed by atoms with Gasteiger partial charge in [-0.05, 0) is 18.2 Å². The van der Waals surface area contributed by atoms with Crippen LogP contribution in [-0.2, 0) is 14.2 Å². The maximum atomic E-state index is 13.1. The fraction of sp³-hybridized carbons (Fsp3) is 0.444. The van der Waals surface area contributed by atoms with Crippen LogP contribution in [0.5, 0.6) is 23.0 Å². The molecular formula is C27H30O16. The second-order valence-electron chi connectivity index (χ2n) is 10.3. The highest BCUT2D eigenvalue weighted by atomic mass is 16.7. The fourth-order valence-corrected chi connectivity index (χ4v) is 5.19. The lowest BCUT2D eigenvalue weighted by Crippen LogP contribution is -2.60. The van der Waals surface area contributed by atoms with E-state index in [4.69, 9.17) is 18.6 Å². The zero-order chi connectivity index (χ0) is 31.3. The van der Waals surface area contributed by atoms with Gasteiger partial charge in [0.15, 0.2) is 23.2 Å². The van der Waals surface area contributed by atoms with Crippen LogP contribution in [0.2, 0.25) is 0 Å². The van der Waals surface area contributed by atoms with E-state index in [1.54, 1.807) is 0 Å². The van der Waals surface area contributed by atoms with Crippen LogP contribution in [0.25, 0.3) is 22.3 Å². The molecule has 2 fully saturated rings. The summed E-state index contributed by atoms with van der Waals surface area (Å²) in [4.78, 5) is 13.1. The predicted octanol–water partition coefficient (Wildman–Crippen LogP) is -2.38. The van der Waals surface area contributed by atoms with Crippen LogP contribution in [0, 0.1) is 0 Å². The summed E-state index contributed by atoms with van der Waals surface area (Å²) in [5, 5.41) is 112. The van der Waals surface area contributed by atoms with Gasteiger partial charge in [0.1, 0.15) is 83.2 Å². The summed E-state index contributed by atoms with van der Waals surface area (Å²) in [5.41, 5.74) is -1.43. The van der Waals surface area contributed by atoms with Crippen molar-refractivity contribution >= 4 is 11.0 Å². The van der Waals surface area contributed by atoms with Gasteiger partial charge in [-0.3, -0.25) is 4.79 Å². The largest absolute Gasteiger partial charge is 0.507 e. The first-order valence-electron chi connectivity index (χ1n) is 13.0. The third-order valence-corrected chi connectivity index (χ3v) is 7.56. The quantitative estimate of drug-likeness (QED) is 0.130. The number of phenolic OH excluding ortho intramolecular Hbond substituents is 4. The first-order chi connectivity index (χ1) is 20.3. The minimum Gasteiger partial charge on any atom is -0.507 e. The Bertz CT molecular complexity index is 1540. The summed E-state index contributed by atoms with van der Waals surface area (Å²) in [6.45, 7) is -1.50. The molecular weight excluding hydrogens is 580 g/mol. The molecule has 0 amide bonds. The van der Waals surface area contributed by atoms with Gasteiger partial charge in [0, 0.05) is 17.7 Å². The third kappa shape index (κ3) is 5.49. The fourth-order valence-electron chi connectivity index (χ4n) is 5.19. The average Bonchev–Trinajstić information content (AvgIpc) is 2.96. The van der Waals surface area contributed by atoms with Crippen LogP contribution < -0.4 is 5.43 Å². The van der Waals surface area contributed by atoms with Gasteiger partial charge in [0.2, 0.25) is 0 Å². The minimum absolute atomic E-state index is 0.0890. The van der Waals surface area contributed by atoms with Gasteiger partial charge in [-0.25, -0.2) is 0 Å². The zero-order valence-corrected chi connectivity index (χ0v) is 22.0. The van der Waals surface area contributed by atoms with Crippen molar-refractivity contribution in [3.8, 4) is 34.3 Å². The molecule has 2 saturated heterocycles. The molecule has 1 aromatic heterocycles. The topological polar surface area (TPSA) is 280 Å². The van der Waals surface area contributed by atoms with Crippen LogP contribution in [0.1, 0.15) is 11.7 Å². The molecule has 16 nitrogen and oxygen atoms in total. The van der Waals surface area contributed by atoms with E-state index in [2.05, 4.69) is 0 Å². The SMILES string of the molecule is O=c1cc(-c2ccc(O)c(O)c2)oc2cc(O)c(C3OC(CO)C(O)C(O)C3OCC3OC(O)C(O)C(O)C3O)c(O)c12. The molecule has 0 bridgehead atoms. The summed E-state index contributed by atoms with van der Waals surface area (Å²) < 4.78 is 22.1. The molecule has 10 atom stereocenters. The molecule has 0 radical (unpaired) electrons. The number of aliphatic hydroxyl groups is 7. The summed E-state index contributed by atoms with van der Waals surface area (Å²) in [6, 6.07) is 5.57. The van der Waals surface area contributed by atoms with E-state index >= 15 is 0 Å². The highest BCUT2D eigenvalue weighted by Crippen LogP contribution is 2.46. The Balaban J connectivity index is 1.53. The number of fused-ring (bicyclic) bond motifs is 1. The first-order valence-corrected chi connectivity index (χ1v) is 13.0. The second kappa shape index (κ2) is 11.9. The van der Waals surface area contributed by atoms with Gasteiger partial charge in [-0.15, -0.1) is 0 Å². The summed E-state index contributed by atoms with van der Waals surface area (Å²) in [5.74, 6) is -2.58. The van der Waals surface area contributed by atoms with Crippen LogP contribution in [0.4, 0.5) is 0 Å². The molecule has 2 aromatic carbocycles. The maximum absolute atomic E-state index is 13.1. The molecule has 3 heterocycles. The van der Waals surface area contributed by atoms with Crippen molar-refractivity contribution in [2.75, 3.05) is 13.2 Å². The van der Waals surface area contributed by atoms with E-state index in [0.29, 0.717) is 0 Å². The molecule has 3 aromatic rings. The number of rotatable bonds is 6. The van der Waals surface area contributed by atoms with Crippen molar-refractivity contribution in [3.63, 3.8) is 0 Å². The Morgan fingerprint density at radius 3 is 2.12 bits per heavy atom. The maximum Gasteiger partial charge on any atom is 0.197 e. The van der Waals surface area contributed by atoms with Gasteiger partial charge in [0.05, 0.1) is 18.8 Å². The highest BCUT2D eigenvalue weighted by molar-refractivity contribution is 5.88. The van der Waals surface area contributed by atoms with Crippen LogP contribution in [0.15, 0.2) is 39.5 Å². The standard InChI is InChI=1S/C27H30O16/c28-6-15-19(33)23(37)26(40-7-16-20(34)22(36)24(38)27(39)43-16)25(42-15)18-12(32)5-14-17(21(18)35)11(31)4-13(41-14)8-1-2-9(29)10(30)3-8/h1-5,15-16,19-20,22-30,32-39H,6-7H2. The van der Waals surface area contributed by atoms with E-state index in [1.165, 1.54) is 6.07 Å². The lowest BCUT2D eigenvalue weighted by Gasteiger charge is -2.44. The van der Waals surface area contributed by atoms with Gasteiger partial charge in [-0.2, -0.15) is 0 Å². The van der Waals surface area contributed by atoms with Crippen molar-refractivity contribution in [2.45, 2.75) is 61.2 Å². The first kappa shape index (κ1) is 30.9. The van der Waals surface area contributed by atoms with Gasteiger partial charge in [0.25, 0.3) is 0 Å². The monoisotopic (exact) mass is 610 g/mol. The van der Waals surface area contributed by atoms with Crippen LogP contribution in [0.3, 0.4) is 0 Å². The summed E-state index contributed by atoms with van der Waals surface area (Å²) >= 11 is 0.